The van der Waals surface area contributed by atoms with Gasteiger partial charge in [-0.25, -0.2) is 4.57 Å². The van der Waals surface area contributed by atoms with Crippen LogP contribution in [0, 0.1) is 5.41 Å². The zero-order valence-electron chi connectivity index (χ0n) is 17.2. The Morgan fingerprint density at radius 1 is 1.10 bits per heavy atom. The van der Waals surface area contributed by atoms with Crippen LogP contribution in [-0.4, -0.2) is 63.4 Å². The molecule has 170 valence electrons. The molecule has 0 aromatic heterocycles. The van der Waals surface area contributed by atoms with E-state index in [2.05, 4.69) is 22.1 Å². The first-order valence-electron chi connectivity index (χ1n) is 9.47. The van der Waals surface area contributed by atoms with E-state index in [1.165, 1.54) is 25.6 Å². The first-order valence-corrected chi connectivity index (χ1v) is 12.0. The van der Waals surface area contributed by atoms with E-state index in [0.29, 0.717) is 18.7 Å². The molecule has 10 nitrogen and oxygen atoms in total. The molecule has 5 N–H and O–H groups in total. The molecule has 0 fully saturated rings. The number of phosphoric ester groups is 1. The second-order valence-corrected chi connectivity index (χ2v) is 9.62. The number of aliphatic hydroxyl groups is 1. The van der Waals surface area contributed by atoms with Crippen molar-refractivity contribution in [3.05, 3.63) is 0 Å². The Morgan fingerprint density at radius 2 is 1.76 bits per heavy atom. The molecule has 0 rings (SSSR count). The number of carbonyl (C=O) groups excluding carboxylic acids is 3. The molecule has 0 spiro atoms. The summed E-state index contributed by atoms with van der Waals surface area (Å²) in [6.07, 6.45) is 1.91. The minimum atomic E-state index is -4.71. The molecule has 29 heavy (non-hydrogen) atoms. The van der Waals surface area contributed by atoms with E-state index >= 15 is 0 Å². The summed E-state index contributed by atoms with van der Waals surface area (Å²) < 4.78 is 15.1. The number of carbonyl (C=O) groups is 3. The van der Waals surface area contributed by atoms with Gasteiger partial charge >= 0.3 is 7.82 Å². The van der Waals surface area contributed by atoms with E-state index in [1.54, 1.807) is 0 Å². The fourth-order valence-electron chi connectivity index (χ4n) is 2.12. The van der Waals surface area contributed by atoms with Crippen molar-refractivity contribution in [2.45, 2.75) is 59.0 Å². The topological polar surface area (TPSA) is 162 Å². The lowest BCUT2D eigenvalue weighted by Crippen LogP contribution is -2.46. The van der Waals surface area contributed by atoms with Crippen molar-refractivity contribution in [1.29, 1.82) is 0 Å². The molecule has 0 heterocycles. The maximum Gasteiger partial charge on any atom is 0.469 e. The molecule has 0 saturated carbocycles. The third-order valence-electron chi connectivity index (χ3n) is 3.92. The zero-order valence-corrected chi connectivity index (χ0v) is 18.9. The van der Waals surface area contributed by atoms with Crippen molar-refractivity contribution in [2.75, 3.05) is 25.4 Å². The molecule has 0 aliphatic rings. The lowest BCUT2D eigenvalue weighted by molar-refractivity contribution is -0.137. The second-order valence-electron chi connectivity index (χ2n) is 7.22. The van der Waals surface area contributed by atoms with E-state index in [1.807, 2.05) is 0 Å². The molecule has 0 aromatic carbocycles. The van der Waals surface area contributed by atoms with Crippen LogP contribution in [0.5, 0.6) is 0 Å². The number of thioether (sulfide) groups is 1. The molecule has 0 saturated heterocycles. The van der Waals surface area contributed by atoms with Gasteiger partial charge < -0.3 is 25.5 Å². The first-order chi connectivity index (χ1) is 13.4. The number of phosphoric acid groups is 1. The van der Waals surface area contributed by atoms with Gasteiger partial charge in [0.25, 0.3) is 0 Å². The number of hydrogen-bond acceptors (Lipinski definition) is 7. The predicted molar refractivity (Wildman–Crippen MR) is 110 cm³/mol. The van der Waals surface area contributed by atoms with E-state index in [9.17, 15) is 24.1 Å². The van der Waals surface area contributed by atoms with Gasteiger partial charge in [0.05, 0.1) is 6.61 Å². The minimum absolute atomic E-state index is 0.00696. The predicted octanol–water partition coefficient (Wildman–Crippen LogP) is 0.945. The van der Waals surface area contributed by atoms with Gasteiger partial charge in [-0.3, -0.25) is 18.9 Å². The van der Waals surface area contributed by atoms with E-state index in [-0.39, 0.29) is 24.0 Å². The average Bonchev–Trinajstić information content (AvgIpc) is 2.62. The van der Waals surface area contributed by atoms with Crippen molar-refractivity contribution in [3.8, 4) is 0 Å². The van der Waals surface area contributed by atoms with Gasteiger partial charge in [-0.05, 0) is 6.42 Å². The van der Waals surface area contributed by atoms with Crippen LogP contribution in [0.3, 0.4) is 0 Å². The number of rotatable bonds is 15. The molecule has 12 heteroatoms. The van der Waals surface area contributed by atoms with Gasteiger partial charge in [0.1, 0.15) is 6.10 Å². The van der Waals surface area contributed by atoms with Crippen LogP contribution >= 0.6 is 19.6 Å². The van der Waals surface area contributed by atoms with Crippen LogP contribution in [-0.2, 0) is 23.5 Å². The van der Waals surface area contributed by atoms with Crippen LogP contribution < -0.4 is 10.6 Å². The molecule has 1 atom stereocenters. The maximum absolute atomic E-state index is 12.0. The second kappa shape index (κ2) is 14.1. The lowest BCUT2D eigenvalue weighted by Gasteiger charge is -2.29. The third-order valence-corrected chi connectivity index (χ3v) is 5.32. The maximum atomic E-state index is 12.0. The van der Waals surface area contributed by atoms with Gasteiger partial charge in [0.15, 0.2) is 5.12 Å². The Kier molecular flexibility index (Phi) is 13.6. The molecular weight excluding hydrogens is 423 g/mol. The normalized spacial score (nSPS) is 13.0. The highest BCUT2D eigenvalue weighted by Gasteiger charge is 2.35. The summed E-state index contributed by atoms with van der Waals surface area (Å²) in [5, 5.41) is 15.2. The Balaban J connectivity index is 4.01. The molecule has 0 aromatic rings. The zero-order chi connectivity index (χ0) is 22.5. The summed E-state index contributed by atoms with van der Waals surface area (Å²) in [7, 11) is -4.71. The molecule has 0 radical (unpaired) electrons. The number of nitrogens with one attached hydrogen (secondary N) is 2. The van der Waals surface area contributed by atoms with Crippen LogP contribution in [0.1, 0.15) is 52.9 Å². The van der Waals surface area contributed by atoms with Gasteiger partial charge in [-0.2, -0.15) is 0 Å². The van der Waals surface area contributed by atoms with Crippen LogP contribution in [0.15, 0.2) is 0 Å². The van der Waals surface area contributed by atoms with Gasteiger partial charge in [-0.1, -0.05) is 45.4 Å². The van der Waals surface area contributed by atoms with Crippen LogP contribution in [0.2, 0.25) is 0 Å². The quantitative estimate of drug-likeness (QED) is 0.178. The van der Waals surface area contributed by atoms with Crippen LogP contribution in [0.25, 0.3) is 0 Å². The number of unbranched alkanes of at least 4 members (excludes halogenated alkanes) is 2. The first kappa shape index (κ1) is 28.0. The molecule has 0 unspecified atom stereocenters. The summed E-state index contributed by atoms with van der Waals surface area (Å²) in [5.74, 6) is -0.594. The summed E-state index contributed by atoms with van der Waals surface area (Å²) in [4.78, 5) is 52.7. The third kappa shape index (κ3) is 14.6. The fourth-order valence-corrected chi connectivity index (χ4v) is 3.34. The van der Waals surface area contributed by atoms with Crippen molar-refractivity contribution in [2.24, 2.45) is 5.41 Å². The fraction of sp³-hybridized carbons (Fsp3) is 0.824. The van der Waals surface area contributed by atoms with Gasteiger partial charge in [-0.15, -0.1) is 0 Å². The summed E-state index contributed by atoms with van der Waals surface area (Å²) in [6, 6.07) is 0. The van der Waals surface area contributed by atoms with Gasteiger partial charge in [0.2, 0.25) is 11.8 Å². The van der Waals surface area contributed by atoms with Crippen molar-refractivity contribution in [1.82, 2.24) is 10.6 Å². The Bertz CT molecular complexity index is 582. The summed E-state index contributed by atoms with van der Waals surface area (Å²) in [6.45, 7) is 4.70. The van der Waals surface area contributed by atoms with Crippen molar-refractivity contribution in [3.63, 3.8) is 0 Å². The Labute approximate surface area is 175 Å². The number of aliphatic hydroxyl groups excluding tert-OH is 1. The molecule has 2 amide bonds. The van der Waals surface area contributed by atoms with E-state index in [4.69, 9.17) is 9.79 Å². The highest BCUT2D eigenvalue weighted by atomic mass is 32.2. The highest BCUT2D eigenvalue weighted by molar-refractivity contribution is 8.13. The van der Waals surface area contributed by atoms with Crippen molar-refractivity contribution >= 4 is 36.5 Å². The smallest absolute Gasteiger partial charge is 0.383 e. The average molecular weight is 456 g/mol. The molecule has 0 aliphatic carbocycles. The number of amides is 2. The highest BCUT2D eigenvalue weighted by Crippen LogP contribution is 2.38. The monoisotopic (exact) mass is 456 g/mol. The Morgan fingerprint density at radius 3 is 2.34 bits per heavy atom. The van der Waals surface area contributed by atoms with E-state index in [0.717, 1.165) is 19.3 Å². The number of hydrogen-bond donors (Lipinski definition) is 5. The van der Waals surface area contributed by atoms with Gasteiger partial charge in [0, 0.05) is 37.1 Å². The SMILES string of the molecule is CCCCCC(=O)SCCNC(=O)CCNC(=O)[C@H](O)C(C)(C)COP(=O)(O)O. The van der Waals surface area contributed by atoms with Crippen LogP contribution in [0.4, 0.5) is 0 Å². The summed E-state index contributed by atoms with van der Waals surface area (Å²) >= 11 is 1.19. The van der Waals surface area contributed by atoms with Crippen molar-refractivity contribution < 1.29 is 38.4 Å². The molecule has 0 aliphatic heterocycles. The van der Waals surface area contributed by atoms with E-state index < -0.39 is 31.9 Å². The standard InChI is InChI=1S/C17H33N2O8PS/c1-4-5-6-7-14(21)29-11-10-18-13(20)8-9-19-16(23)15(22)17(2,3)12-27-28(24,25)26/h15,22H,4-12H2,1-3H3,(H,18,20)(H,19,23)(H2,24,25,26)/t15-/m0/s1. The minimum Gasteiger partial charge on any atom is -0.383 e. The largest absolute Gasteiger partial charge is 0.469 e. The summed E-state index contributed by atoms with van der Waals surface area (Å²) in [5.41, 5.74) is -1.24. The molecular formula is C17H33N2O8PS. The lowest BCUT2D eigenvalue weighted by atomic mass is 9.87. The Hall–Kier alpha value is -0.970. The molecule has 0 bridgehead atoms.